The summed E-state index contributed by atoms with van der Waals surface area (Å²) in [5, 5.41) is 13.3. The molecule has 1 heterocycles. The van der Waals surface area contributed by atoms with Gasteiger partial charge in [-0.1, -0.05) is 30.3 Å². The first kappa shape index (κ1) is 16.9. The van der Waals surface area contributed by atoms with Crippen molar-refractivity contribution >= 4 is 5.91 Å². The summed E-state index contributed by atoms with van der Waals surface area (Å²) in [4.78, 5) is 13.9. The van der Waals surface area contributed by atoms with Crippen LogP contribution in [0.5, 0.6) is 0 Å². The summed E-state index contributed by atoms with van der Waals surface area (Å²) < 4.78 is 5.51. The molecule has 122 valence electrons. The van der Waals surface area contributed by atoms with Crippen molar-refractivity contribution in [1.29, 1.82) is 0 Å². The zero-order chi connectivity index (χ0) is 15.8. The number of hydrogen-bond acceptors (Lipinski definition) is 4. The first-order chi connectivity index (χ1) is 10.7. The summed E-state index contributed by atoms with van der Waals surface area (Å²) in [6, 6.07) is 9.84. The van der Waals surface area contributed by atoms with Crippen molar-refractivity contribution in [3.05, 3.63) is 35.9 Å². The van der Waals surface area contributed by atoms with Gasteiger partial charge in [-0.05, 0) is 24.9 Å². The van der Waals surface area contributed by atoms with E-state index in [1.54, 1.807) is 11.9 Å². The normalized spacial score (nSPS) is 19.6. The molecule has 1 saturated heterocycles. The van der Waals surface area contributed by atoms with Gasteiger partial charge in [0.15, 0.2) is 0 Å². The van der Waals surface area contributed by atoms with Crippen LogP contribution in [0, 0.1) is 5.92 Å². The minimum Gasteiger partial charge on any atom is -0.389 e. The molecule has 2 atom stereocenters. The molecule has 1 fully saturated rings. The van der Waals surface area contributed by atoms with Gasteiger partial charge in [-0.3, -0.25) is 4.79 Å². The highest BCUT2D eigenvalue weighted by atomic mass is 16.5. The van der Waals surface area contributed by atoms with Crippen molar-refractivity contribution in [1.82, 2.24) is 10.2 Å². The number of aliphatic hydroxyl groups excluding tert-OH is 1. The molecule has 1 aromatic carbocycles. The summed E-state index contributed by atoms with van der Waals surface area (Å²) in [7, 11) is 1.75. The van der Waals surface area contributed by atoms with Crippen molar-refractivity contribution < 1.29 is 14.6 Å². The lowest BCUT2D eigenvalue weighted by atomic mass is 9.98. The molecule has 0 saturated carbocycles. The molecule has 0 aliphatic carbocycles. The quantitative estimate of drug-likeness (QED) is 0.790. The number of carbonyl (C=O) groups excluding carboxylic acids is 1. The Morgan fingerprint density at radius 1 is 1.45 bits per heavy atom. The number of aliphatic hydroxyl groups is 1. The van der Waals surface area contributed by atoms with Crippen LogP contribution in [0.3, 0.4) is 0 Å². The number of benzene rings is 1. The molecule has 1 aliphatic heterocycles. The van der Waals surface area contributed by atoms with Gasteiger partial charge in [0.05, 0.1) is 25.2 Å². The van der Waals surface area contributed by atoms with Crippen LogP contribution >= 0.6 is 0 Å². The summed E-state index contributed by atoms with van der Waals surface area (Å²) in [6.07, 6.45) is 1.30. The largest absolute Gasteiger partial charge is 0.389 e. The summed E-state index contributed by atoms with van der Waals surface area (Å²) in [6.45, 7) is 2.74. The van der Waals surface area contributed by atoms with Crippen LogP contribution in [-0.4, -0.2) is 55.3 Å². The van der Waals surface area contributed by atoms with Crippen LogP contribution in [0.1, 0.15) is 18.4 Å². The molecule has 1 aliphatic rings. The fraction of sp³-hybridized carbons (Fsp3) is 0.588. The molecule has 22 heavy (non-hydrogen) atoms. The minimum atomic E-state index is -0.658. The fourth-order valence-corrected chi connectivity index (χ4v) is 2.72. The molecule has 2 N–H and O–H groups in total. The van der Waals surface area contributed by atoms with Gasteiger partial charge in [0.2, 0.25) is 5.91 Å². The summed E-state index contributed by atoms with van der Waals surface area (Å²) in [5.74, 6) is 0.144. The predicted octanol–water partition coefficient (Wildman–Crippen LogP) is 1.02. The highest BCUT2D eigenvalue weighted by Gasteiger charge is 2.24. The van der Waals surface area contributed by atoms with Gasteiger partial charge in [0, 0.05) is 20.1 Å². The third-order valence-corrected chi connectivity index (χ3v) is 3.93. The Morgan fingerprint density at radius 3 is 2.91 bits per heavy atom. The number of nitrogens with zero attached hydrogens (tertiary/aromatic N) is 1. The van der Waals surface area contributed by atoms with Crippen molar-refractivity contribution in [2.75, 3.05) is 33.3 Å². The van der Waals surface area contributed by atoms with E-state index >= 15 is 0 Å². The first-order valence-electron chi connectivity index (χ1n) is 7.92. The van der Waals surface area contributed by atoms with Crippen molar-refractivity contribution in [2.45, 2.75) is 25.6 Å². The number of carbonyl (C=O) groups is 1. The lowest BCUT2D eigenvalue weighted by Crippen LogP contribution is -2.44. The third kappa shape index (κ3) is 5.40. The summed E-state index contributed by atoms with van der Waals surface area (Å²) >= 11 is 0. The van der Waals surface area contributed by atoms with Crippen LogP contribution in [-0.2, 0) is 16.1 Å². The van der Waals surface area contributed by atoms with E-state index in [2.05, 4.69) is 5.32 Å². The first-order valence-corrected chi connectivity index (χ1v) is 7.92. The lowest BCUT2D eigenvalue weighted by molar-refractivity contribution is -0.136. The number of piperidine rings is 1. The number of amides is 1. The Balaban J connectivity index is 1.67. The van der Waals surface area contributed by atoms with Crippen LogP contribution < -0.4 is 5.32 Å². The molecule has 5 heteroatoms. The van der Waals surface area contributed by atoms with Crippen LogP contribution in [0.15, 0.2) is 30.3 Å². The average Bonchev–Trinajstić information content (AvgIpc) is 2.56. The minimum absolute atomic E-state index is 0.0381. The van der Waals surface area contributed by atoms with E-state index in [0.717, 1.165) is 31.5 Å². The third-order valence-electron chi connectivity index (χ3n) is 3.93. The molecule has 0 bridgehead atoms. The Hall–Kier alpha value is -1.43. The highest BCUT2D eigenvalue weighted by Crippen LogP contribution is 2.13. The number of nitrogens with one attached hydrogen (secondary N) is 1. The zero-order valence-corrected chi connectivity index (χ0v) is 13.2. The number of ether oxygens (including phenoxy) is 1. The molecule has 2 unspecified atom stereocenters. The molecule has 1 amide bonds. The second kappa shape index (κ2) is 8.88. The molecule has 0 aromatic heterocycles. The van der Waals surface area contributed by atoms with E-state index in [-0.39, 0.29) is 18.4 Å². The van der Waals surface area contributed by atoms with E-state index in [9.17, 15) is 9.90 Å². The van der Waals surface area contributed by atoms with E-state index in [1.165, 1.54) is 0 Å². The second-order valence-electron chi connectivity index (χ2n) is 5.92. The number of rotatable bonds is 7. The predicted molar refractivity (Wildman–Crippen MR) is 85.3 cm³/mol. The van der Waals surface area contributed by atoms with Crippen LogP contribution in [0.4, 0.5) is 0 Å². The summed E-state index contributed by atoms with van der Waals surface area (Å²) in [5.41, 5.74) is 1.08. The standard InChI is InChI=1S/C17H26N2O3/c1-19(17(21)15-8-5-9-18-10-15)11-16(20)13-22-12-14-6-3-2-4-7-14/h2-4,6-7,15-16,18,20H,5,8-13H2,1H3. The van der Waals surface area contributed by atoms with E-state index in [1.807, 2.05) is 30.3 Å². The van der Waals surface area contributed by atoms with Crippen molar-refractivity contribution in [3.63, 3.8) is 0 Å². The van der Waals surface area contributed by atoms with Crippen molar-refractivity contribution in [2.24, 2.45) is 5.92 Å². The van der Waals surface area contributed by atoms with Gasteiger partial charge in [-0.25, -0.2) is 0 Å². The smallest absolute Gasteiger partial charge is 0.226 e. The SMILES string of the molecule is CN(CC(O)COCc1ccccc1)C(=O)C1CCCNC1. The van der Waals surface area contributed by atoms with Gasteiger partial charge in [-0.2, -0.15) is 0 Å². The van der Waals surface area contributed by atoms with Gasteiger partial charge < -0.3 is 20.1 Å². The Kier molecular flexibility index (Phi) is 6.83. The zero-order valence-electron chi connectivity index (χ0n) is 13.2. The number of likely N-dealkylation sites (N-methyl/N-ethyl adjacent to an activating group) is 1. The highest BCUT2D eigenvalue weighted by molar-refractivity contribution is 5.78. The van der Waals surface area contributed by atoms with E-state index in [4.69, 9.17) is 4.74 Å². The molecule has 1 aromatic rings. The molecule has 5 nitrogen and oxygen atoms in total. The maximum atomic E-state index is 12.3. The van der Waals surface area contributed by atoms with Gasteiger partial charge in [0.25, 0.3) is 0 Å². The fourth-order valence-electron chi connectivity index (χ4n) is 2.72. The van der Waals surface area contributed by atoms with E-state index in [0.29, 0.717) is 13.2 Å². The monoisotopic (exact) mass is 306 g/mol. The maximum Gasteiger partial charge on any atom is 0.226 e. The maximum absolute atomic E-state index is 12.3. The Labute approximate surface area is 132 Å². The second-order valence-corrected chi connectivity index (χ2v) is 5.92. The van der Waals surface area contributed by atoms with Gasteiger partial charge >= 0.3 is 0 Å². The topological polar surface area (TPSA) is 61.8 Å². The molecule has 2 rings (SSSR count). The molecular formula is C17H26N2O3. The molecule has 0 radical (unpaired) electrons. The van der Waals surface area contributed by atoms with Gasteiger partial charge in [0.1, 0.15) is 0 Å². The van der Waals surface area contributed by atoms with Crippen molar-refractivity contribution in [3.8, 4) is 0 Å². The lowest BCUT2D eigenvalue weighted by Gasteiger charge is -2.28. The average molecular weight is 306 g/mol. The van der Waals surface area contributed by atoms with E-state index < -0.39 is 6.10 Å². The Bertz CT molecular complexity index is 446. The molecule has 0 spiro atoms. The Morgan fingerprint density at radius 2 is 2.23 bits per heavy atom. The number of hydrogen-bond donors (Lipinski definition) is 2. The van der Waals surface area contributed by atoms with Crippen LogP contribution in [0.2, 0.25) is 0 Å². The van der Waals surface area contributed by atoms with Crippen LogP contribution in [0.25, 0.3) is 0 Å². The molecular weight excluding hydrogens is 280 g/mol. The van der Waals surface area contributed by atoms with Gasteiger partial charge in [-0.15, -0.1) is 0 Å².